The third-order valence-electron chi connectivity index (χ3n) is 7.36. The van der Waals surface area contributed by atoms with Gasteiger partial charge in [-0.05, 0) is 18.8 Å². The van der Waals surface area contributed by atoms with Crippen LogP contribution in [0, 0.1) is 11.3 Å². The Morgan fingerprint density at radius 1 is 0.880 bits per heavy atom. The first-order valence-corrected chi connectivity index (χ1v) is 10.7. The van der Waals surface area contributed by atoms with Crippen molar-refractivity contribution in [2.24, 2.45) is 11.3 Å². The molecular formula is C21H34O4. The predicted octanol–water partition coefficient (Wildman–Crippen LogP) is 5.40. The summed E-state index contributed by atoms with van der Waals surface area (Å²) in [6.07, 6.45) is 19.1. The van der Waals surface area contributed by atoms with E-state index in [0.29, 0.717) is 12.8 Å². The third-order valence-corrected chi connectivity index (χ3v) is 7.36. The highest BCUT2D eigenvalue weighted by Crippen LogP contribution is 2.77. The van der Waals surface area contributed by atoms with Gasteiger partial charge in [0.2, 0.25) is 11.6 Å². The van der Waals surface area contributed by atoms with E-state index in [9.17, 15) is 9.90 Å². The van der Waals surface area contributed by atoms with Crippen LogP contribution in [0.3, 0.4) is 0 Å². The molecular weight excluding hydrogens is 316 g/mol. The van der Waals surface area contributed by atoms with E-state index in [1.807, 2.05) is 0 Å². The van der Waals surface area contributed by atoms with Gasteiger partial charge < -0.3 is 14.6 Å². The summed E-state index contributed by atoms with van der Waals surface area (Å²) in [4.78, 5) is 11.8. The summed E-state index contributed by atoms with van der Waals surface area (Å²) in [6.45, 7) is 0. The first kappa shape index (κ1) is 17.8. The topological polar surface area (TPSA) is 62.4 Å². The molecule has 2 aliphatic carbocycles. The molecule has 4 rings (SSSR count). The van der Waals surface area contributed by atoms with Crippen molar-refractivity contribution in [1.29, 1.82) is 0 Å². The molecule has 1 N–H and O–H groups in total. The Hall–Kier alpha value is -0.610. The minimum atomic E-state index is -0.644. The molecule has 2 heterocycles. The Morgan fingerprint density at radius 2 is 1.56 bits per heavy atom. The van der Waals surface area contributed by atoms with Gasteiger partial charge in [0, 0.05) is 12.8 Å². The highest BCUT2D eigenvalue weighted by molar-refractivity contribution is 5.75. The van der Waals surface area contributed by atoms with Gasteiger partial charge in [-0.2, -0.15) is 0 Å². The smallest absolute Gasteiger partial charge is 0.309 e. The van der Waals surface area contributed by atoms with Crippen LogP contribution in [0.5, 0.6) is 0 Å². The lowest BCUT2D eigenvalue weighted by Gasteiger charge is -2.29. The Bertz CT molecular complexity index is 490. The molecule has 2 aliphatic heterocycles. The predicted molar refractivity (Wildman–Crippen MR) is 95.1 cm³/mol. The Balaban J connectivity index is 1.07. The molecule has 4 aliphatic rings. The summed E-state index contributed by atoms with van der Waals surface area (Å²) in [5.41, 5.74) is -0.600. The van der Waals surface area contributed by atoms with E-state index in [0.717, 1.165) is 31.6 Å². The van der Waals surface area contributed by atoms with E-state index in [-0.39, 0.29) is 5.79 Å². The van der Waals surface area contributed by atoms with Crippen LogP contribution >= 0.6 is 0 Å². The fraction of sp³-hybridized carbons (Fsp3) is 0.952. The molecule has 0 radical (unpaired) electrons. The standard InChI is InChI=1S/C21H34O4/c22-18(23)19(14-15-20-21(16-19,24-20)25-20)13-9-4-2-1-3-6-10-17-11-7-5-8-12-17/h17H,1-16H2,(H,22,23). The summed E-state index contributed by atoms with van der Waals surface area (Å²) < 4.78 is 11.2. The number of epoxide rings is 2. The minimum absolute atomic E-state index is 0.343. The van der Waals surface area contributed by atoms with Crippen LogP contribution in [0.25, 0.3) is 0 Å². The number of carboxylic acid groups (broad SMARTS) is 1. The number of hydrogen-bond acceptors (Lipinski definition) is 3. The van der Waals surface area contributed by atoms with Crippen molar-refractivity contribution in [2.75, 3.05) is 0 Å². The maximum Gasteiger partial charge on any atom is 0.309 e. The molecule has 0 bridgehead atoms. The Kier molecular flexibility index (Phi) is 4.87. The molecule has 25 heavy (non-hydrogen) atoms. The number of aliphatic carboxylic acids is 1. The van der Waals surface area contributed by atoms with E-state index < -0.39 is 17.2 Å². The molecule has 2 saturated heterocycles. The third kappa shape index (κ3) is 3.49. The second-order valence-corrected chi connectivity index (χ2v) is 9.14. The lowest BCUT2D eigenvalue weighted by atomic mass is 9.71. The Labute approximate surface area is 151 Å². The first-order valence-electron chi connectivity index (χ1n) is 10.7. The Morgan fingerprint density at radius 3 is 2.24 bits per heavy atom. The van der Waals surface area contributed by atoms with Gasteiger partial charge in [0.1, 0.15) is 0 Å². The van der Waals surface area contributed by atoms with E-state index in [1.165, 1.54) is 64.2 Å². The van der Waals surface area contributed by atoms with Crippen molar-refractivity contribution in [3.8, 4) is 0 Å². The summed E-state index contributed by atoms with van der Waals surface area (Å²) in [6, 6.07) is 0. The zero-order valence-electron chi connectivity index (χ0n) is 15.6. The van der Waals surface area contributed by atoms with Gasteiger partial charge in [0.05, 0.1) is 5.41 Å². The summed E-state index contributed by atoms with van der Waals surface area (Å²) in [5.74, 6) is -0.460. The second-order valence-electron chi connectivity index (χ2n) is 9.14. The van der Waals surface area contributed by atoms with Crippen molar-refractivity contribution < 1.29 is 19.4 Å². The fourth-order valence-electron chi connectivity index (χ4n) is 5.51. The number of rotatable bonds is 10. The number of hydrogen-bond donors (Lipinski definition) is 1. The number of carbonyl (C=O) groups is 1. The van der Waals surface area contributed by atoms with Crippen LogP contribution in [0.4, 0.5) is 0 Å². The molecule has 142 valence electrons. The van der Waals surface area contributed by atoms with Crippen LogP contribution < -0.4 is 0 Å². The van der Waals surface area contributed by atoms with Crippen molar-refractivity contribution in [2.45, 2.75) is 114 Å². The summed E-state index contributed by atoms with van der Waals surface area (Å²) in [7, 11) is 0. The average Bonchev–Trinajstić information content (AvgIpc) is 3.44. The maximum absolute atomic E-state index is 11.8. The van der Waals surface area contributed by atoms with Crippen LogP contribution in [0.15, 0.2) is 0 Å². The van der Waals surface area contributed by atoms with Gasteiger partial charge in [-0.3, -0.25) is 4.79 Å². The van der Waals surface area contributed by atoms with Crippen molar-refractivity contribution in [1.82, 2.24) is 0 Å². The lowest BCUT2D eigenvalue weighted by Crippen LogP contribution is -2.36. The molecule has 4 heteroatoms. The van der Waals surface area contributed by atoms with Gasteiger partial charge in [0.15, 0.2) is 0 Å². The average molecular weight is 350 g/mol. The quantitative estimate of drug-likeness (QED) is 0.423. The molecule has 1 unspecified atom stereocenters. The molecule has 0 aromatic carbocycles. The molecule has 0 aromatic rings. The van der Waals surface area contributed by atoms with Gasteiger partial charge in [-0.1, -0.05) is 77.0 Å². The van der Waals surface area contributed by atoms with Gasteiger partial charge in [-0.25, -0.2) is 0 Å². The van der Waals surface area contributed by atoms with Crippen LogP contribution in [0.1, 0.15) is 103 Å². The van der Waals surface area contributed by atoms with Crippen molar-refractivity contribution in [3.05, 3.63) is 0 Å². The molecule has 4 fully saturated rings. The molecule has 4 nitrogen and oxygen atoms in total. The van der Waals surface area contributed by atoms with Gasteiger partial charge >= 0.3 is 5.97 Å². The maximum atomic E-state index is 11.8. The van der Waals surface area contributed by atoms with Gasteiger partial charge in [0.25, 0.3) is 0 Å². The fourth-order valence-corrected chi connectivity index (χ4v) is 5.51. The zero-order valence-corrected chi connectivity index (χ0v) is 15.6. The zero-order chi connectivity index (χ0) is 17.4. The molecule has 0 aromatic heterocycles. The molecule has 0 amide bonds. The first-order chi connectivity index (χ1) is 12.1. The van der Waals surface area contributed by atoms with E-state index >= 15 is 0 Å². The van der Waals surface area contributed by atoms with E-state index in [1.54, 1.807) is 0 Å². The van der Waals surface area contributed by atoms with Gasteiger partial charge in [-0.15, -0.1) is 0 Å². The normalized spacial score (nSPS) is 39.5. The van der Waals surface area contributed by atoms with Crippen LogP contribution in [-0.2, 0) is 14.3 Å². The van der Waals surface area contributed by atoms with Crippen molar-refractivity contribution in [3.63, 3.8) is 0 Å². The highest BCUT2D eigenvalue weighted by atomic mass is 17.0. The lowest BCUT2D eigenvalue weighted by molar-refractivity contribution is -0.153. The molecule has 1 atom stereocenters. The highest BCUT2D eigenvalue weighted by Gasteiger charge is 2.93. The number of carboxylic acids is 1. The van der Waals surface area contributed by atoms with E-state index in [2.05, 4.69) is 0 Å². The largest absolute Gasteiger partial charge is 0.481 e. The van der Waals surface area contributed by atoms with E-state index in [4.69, 9.17) is 9.47 Å². The van der Waals surface area contributed by atoms with Crippen LogP contribution in [-0.4, -0.2) is 22.7 Å². The number of unbranched alkanes of at least 4 members (excludes halogenated alkanes) is 5. The molecule has 2 saturated carbocycles. The van der Waals surface area contributed by atoms with Crippen LogP contribution in [0.2, 0.25) is 0 Å². The summed E-state index contributed by atoms with van der Waals surface area (Å²) >= 11 is 0. The second kappa shape index (κ2) is 6.84. The van der Waals surface area contributed by atoms with Crippen molar-refractivity contribution >= 4 is 5.97 Å². The SMILES string of the molecule is O=C(O)C1(CCCCCCCCC2CCCCC2)CCC23OC2(C1)O3. The minimum Gasteiger partial charge on any atom is -0.481 e. The monoisotopic (exact) mass is 350 g/mol. The number of ether oxygens (including phenoxy) is 2. The molecule has 0 spiro atoms. The summed E-state index contributed by atoms with van der Waals surface area (Å²) in [5, 5.41) is 9.74.